The van der Waals surface area contributed by atoms with Crippen molar-refractivity contribution in [2.24, 2.45) is 0 Å². The van der Waals surface area contributed by atoms with E-state index < -0.39 is 28.5 Å². The quantitative estimate of drug-likeness (QED) is 0.562. The zero-order valence-corrected chi connectivity index (χ0v) is 20.5. The Morgan fingerprint density at radius 3 is 2.26 bits per heavy atom. The Morgan fingerprint density at radius 1 is 1.10 bits per heavy atom. The van der Waals surface area contributed by atoms with E-state index >= 15 is 0 Å². The van der Waals surface area contributed by atoms with E-state index in [0.717, 1.165) is 26.2 Å². The van der Waals surface area contributed by atoms with Crippen LogP contribution in [0.4, 0.5) is 5.69 Å². The molecule has 0 saturated heterocycles. The van der Waals surface area contributed by atoms with Crippen molar-refractivity contribution in [3.05, 3.63) is 64.1 Å². The molecule has 1 N–H and O–H groups in total. The van der Waals surface area contributed by atoms with Crippen molar-refractivity contribution in [3.63, 3.8) is 0 Å². The third-order valence-electron chi connectivity index (χ3n) is 4.85. The number of hydrogen-bond donors (Lipinski definition) is 1. The summed E-state index contributed by atoms with van der Waals surface area (Å²) in [6.45, 7) is 5.44. The smallest absolute Gasteiger partial charge is 0.244 e. The van der Waals surface area contributed by atoms with Gasteiger partial charge in [-0.15, -0.1) is 0 Å². The first-order valence-electron chi connectivity index (χ1n) is 9.89. The number of amides is 2. The zero-order valence-electron chi connectivity index (χ0n) is 18.1. The van der Waals surface area contributed by atoms with Crippen LogP contribution in [0.15, 0.2) is 53.0 Å². The molecule has 168 valence electrons. The van der Waals surface area contributed by atoms with Gasteiger partial charge in [0, 0.05) is 17.6 Å². The van der Waals surface area contributed by atoms with Crippen LogP contribution in [0.3, 0.4) is 0 Å². The SMILES string of the molecule is CCNC(=O)C(C)N(Cc1ccc(Br)cc1)C(=O)CN(c1ccccc1C)S(C)(=O)=O. The number of anilines is 1. The normalized spacial score (nSPS) is 12.2. The maximum atomic E-state index is 13.3. The Hall–Kier alpha value is -2.39. The first-order chi connectivity index (χ1) is 14.5. The van der Waals surface area contributed by atoms with E-state index in [2.05, 4.69) is 21.2 Å². The summed E-state index contributed by atoms with van der Waals surface area (Å²) in [4.78, 5) is 27.2. The summed E-state index contributed by atoms with van der Waals surface area (Å²) >= 11 is 3.38. The maximum absolute atomic E-state index is 13.3. The van der Waals surface area contributed by atoms with Crippen LogP contribution in [-0.2, 0) is 26.2 Å². The Bertz CT molecular complexity index is 1030. The number of hydrogen-bond acceptors (Lipinski definition) is 4. The second-order valence-corrected chi connectivity index (χ2v) is 10.1. The summed E-state index contributed by atoms with van der Waals surface area (Å²) < 4.78 is 27.0. The van der Waals surface area contributed by atoms with Crippen LogP contribution in [0.2, 0.25) is 0 Å². The predicted octanol–water partition coefficient (Wildman–Crippen LogP) is 3.08. The fraction of sp³-hybridized carbons (Fsp3) is 0.364. The lowest BCUT2D eigenvalue weighted by Gasteiger charge is -2.31. The predicted molar refractivity (Wildman–Crippen MR) is 126 cm³/mol. The molecule has 2 aromatic carbocycles. The lowest BCUT2D eigenvalue weighted by molar-refractivity contribution is -0.139. The number of sulfonamides is 1. The zero-order chi connectivity index (χ0) is 23.2. The lowest BCUT2D eigenvalue weighted by atomic mass is 10.1. The average Bonchev–Trinajstić information content (AvgIpc) is 2.71. The van der Waals surface area contributed by atoms with Gasteiger partial charge in [-0.3, -0.25) is 13.9 Å². The van der Waals surface area contributed by atoms with Crippen LogP contribution in [0, 0.1) is 6.92 Å². The van der Waals surface area contributed by atoms with Crippen molar-refractivity contribution in [3.8, 4) is 0 Å². The van der Waals surface area contributed by atoms with Crippen molar-refractivity contribution in [1.82, 2.24) is 10.2 Å². The van der Waals surface area contributed by atoms with E-state index in [9.17, 15) is 18.0 Å². The fourth-order valence-electron chi connectivity index (χ4n) is 3.13. The number of nitrogens with one attached hydrogen (secondary N) is 1. The van der Waals surface area contributed by atoms with Gasteiger partial charge in [0.2, 0.25) is 21.8 Å². The number of carbonyl (C=O) groups excluding carboxylic acids is 2. The molecule has 2 aromatic rings. The van der Waals surface area contributed by atoms with E-state index in [0.29, 0.717) is 12.2 Å². The molecule has 0 heterocycles. The van der Waals surface area contributed by atoms with Gasteiger partial charge in [-0.1, -0.05) is 46.3 Å². The molecule has 31 heavy (non-hydrogen) atoms. The highest BCUT2D eigenvalue weighted by atomic mass is 79.9. The number of rotatable bonds is 9. The Morgan fingerprint density at radius 2 is 1.71 bits per heavy atom. The first-order valence-corrected chi connectivity index (χ1v) is 12.5. The second kappa shape index (κ2) is 10.8. The minimum Gasteiger partial charge on any atom is -0.355 e. The highest BCUT2D eigenvalue weighted by Gasteiger charge is 2.30. The molecule has 2 rings (SSSR count). The third kappa shape index (κ3) is 6.80. The molecule has 1 atom stereocenters. The summed E-state index contributed by atoms with van der Waals surface area (Å²) in [5.41, 5.74) is 2.00. The fourth-order valence-corrected chi connectivity index (χ4v) is 4.30. The van der Waals surface area contributed by atoms with Crippen molar-refractivity contribution < 1.29 is 18.0 Å². The van der Waals surface area contributed by atoms with Crippen molar-refractivity contribution >= 4 is 43.5 Å². The largest absolute Gasteiger partial charge is 0.355 e. The van der Waals surface area contributed by atoms with E-state index in [1.165, 1.54) is 4.90 Å². The molecule has 0 aliphatic rings. The lowest BCUT2D eigenvalue weighted by Crippen LogP contribution is -2.51. The molecule has 9 heteroatoms. The number of halogens is 1. The van der Waals surface area contributed by atoms with Gasteiger partial charge in [0.05, 0.1) is 11.9 Å². The molecule has 0 saturated carbocycles. The molecule has 2 amide bonds. The second-order valence-electron chi connectivity index (χ2n) is 7.27. The van der Waals surface area contributed by atoms with Crippen LogP contribution in [0.1, 0.15) is 25.0 Å². The van der Waals surface area contributed by atoms with Gasteiger partial charge in [0.25, 0.3) is 0 Å². The van der Waals surface area contributed by atoms with E-state index in [4.69, 9.17) is 0 Å². The van der Waals surface area contributed by atoms with E-state index in [1.54, 1.807) is 45.0 Å². The third-order valence-corrected chi connectivity index (χ3v) is 6.50. The van der Waals surface area contributed by atoms with Gasteiger partial charge in [-0.05, 0) is 50.1 Å². The molecular formula is C22H28BrN3O4S. The van der Waals surface area contributed by atoms with Gasteiger partial charge in [0.15, 0.2) is 0 Å². The molecular weight excluding hydrogens is 482 g/mol. The molecule has 0 spiro atoms. The summed E-state index contributed by atoms with van der Waals surface area (Å²) in [7, 11) is -3.72. The standard InChI is InChI=1S/C22H28BrN3O4S/c1-5-24-22(28)17(3)25(14-18-10-12-19(23)13-11-18)21(27)15-26(31(4,29)30)20-9-7-6-8-16(20)2/h6-13,17H,5,14-15H2,1-4H3,(H,24,28). The number of aryl methyl sites for hydroxylation is 1. The number of para-hydroxylation sites is 1. The monoisotopic (exact) mass is 509 g/mol. The van der Waals surface area contributed by atoms with Crippen LogP contribution >= 0.6 is 15.9 Å². The van der Waals surface area contributed by atoms with Gasteiger partial charge in [0.1, 0.15) is 12.6 Å². The van der Waals surface area contributed by atoms with Crippen LogP contribution in [0.25, 0.3) is 0 Å². The number of benzene rings is 2. The Balaban J connectivity index is 2.38. The topological polar surface area (TPSA) is 86.8 Å². The van der Waals surface area contributed by atoms with E-state index in [-0.39, 0.29) is 12.5 Å². The first kappa shape index (κ1) is 24.9. The van der Waals surface area contributed by atoms with Crippen LogP contribution in [0.5, 0.6) is 0 Å². The maximum Gasteiger partial charge on any atom is 0.244 e. The number of likely N-dealkylation sites (N-methyl/N-ethyl adjacent to an activating group) is 1. The van der Waals surface area contributed by atoms with Crippen LogP contribution in [-0.4, -0.2) is 50.5 Å². The summed E-state index contributed by atoms with van der Waals surface area (Å²) in [5, 5.41) is 2.73. The molecule has 0 aliphatic carbocycles. The van der Waals surface area contributed by atoms with Gasteiger partial charge in [-0.2, -0.15) is 0 Å². The van der Waals surface area contributed by atoms with Crippen molar-refractivity contribution in [2.75, 3.05) is 23.7 Å². The number of nitrogens with zero attached hydrogens (tertiary/aromatic N) is 2. The summed E-state index contributed by atoms with van der Waals surface area (Å²) in [6, 6.07) is 13.6. The summed E-state index contributed by atoms with van der Waals surface area (Å²) in [6.07, 6.45) is 1.07. The van der Waals surface area contributed by atoms with E-state index in [1.807, 2.05) is 24.3 Å². The molecule has 0 aromatic heterocycles. The molecule has 7 nitrogen and oxygen atoms in total. The molecule has 1 unspecified atom stereocenters. The van der Waals surface area contributed by atoms with Gasteiger partial charge < -0.3 is 10.2 Å². The Kier molecular flexibility index (Phi) is 8.64. The number of carbonyl (C=O) groups is 2. The van der Waals surface area contributed by atoms with Crippen molar-refractivity contribution in [1.29, 1.82) is 0 Å². The minimum absolute atomic E-state index is 0.176. The summed E-state index contributed by atoms with van der Waals surface area (Å²) in [5.74, 6) is -0.759. The van der Waals surface area contributed by atoms with Gasteiger partial charge >= 0.3 is 0 Å². The average molecular weight is 510 g/mol. The molecule has 0 radical (unpaired) electrons. The van der Waals surface area contributed by atoms with Gasteiger partial charge in [-0.25, -0.2) is 8.42 Å². The molecule has 0 aliphatic heterocycles. The van der Waals surface area contributed by atoms with Crippen molar-refractivity contribution in [2.45, 2.75) is 33.4 Å². The molecule has 0 bridgehead atoms. The highest BCUT2D eigenvalue weighted by molar-refractivity contribution is 9.10. The van der Waals surface area contributed by atoms with Crippen LogP contribution < -0.4 is 9.62 Å². The highest BCUT2D eigenvalue weighted by Crippen LogP contribution is 2.23. The molecule has 0 fully saturated rings. The Labute approximate surface area is 192 Å². The minimum atomic E-state index is -3.72.